The van der Waals surface area contributed by atoms with Crippen LogP contribution in [-0.4, -0.2) is 42.6 Å². The van der Waals surface area contributed by atoms with Gasteiger partial charge in [-0.25, -0.2) is 4.98 Å². The van der Waals surface area contributed by atoms with Crippen molar-refractivity contribution in [1.82, 2.24) is 10.3 Å². The average Bonchev–Trinajstić information content (AvgIpc) is 2.69. The Morgan fingerprint density at radius 3 is 2.46 bits per heavy atom. The number of carbonyl (C=O) groups excluding carboxylic acids is 2. The minimum absolute atomic E-state index is 0. The average molecular weight is 427 g/mol. The zero-order chi connectivity index (χ0) is 18.4. The number of aromatic nitrogens is 1. The third kappa shape index (κ3) is 5.65. The molecule has 0 spiro atoms. The highest BCUT2D eigenvalue weighted by Gasteiger charge is 2.39. The molecule has 9 heteroatoms. The number of halogens is 2. The van der Waals surface area contributed by atoms with Crippen molar-refractivity contribution >= 4 is 48.1 Å². The van der Waals surface area contributed by atoms with E-state index < -0.39 is 5.60 Å². The first-order chi connectivity index (χ1) is 12.6. The fourth-order valence-corrected chi connectivity index (χ4v) is 2.96. The van der Waals surface area contributed by atoms with Crippen molar-refractivity contribution in [3.8, 4) is 0 Å². The second-order valence-electron chi connectivity index (χ2n) is 6.15. The maximum absolute atomic E-state index is 12.7. The molecule has 2 heterocycles. The number of nitrogens with zero attached hydrogens (tertiary/aromatic N) is 1. The Morgan fingerprint density at radius 1 is 1.07 bits per heavy atom. The number of carbonyl (C=O) groups is 2. The summed E-state index contributed by atoms with van der Waals surface area (Å²) in [5, 5.41) is 8.82. The largest absolute Gasteiger partial charge is 0.368 e. The molecule has 3 rings (SSSR count). The second kappa shape index (κ2) is 11.0. The maximum Gasteiger partial charge on any atom is 0.256 e. The number of piperidine rings is 1. The number of rotatable bonds is 5. The first kappa shape index (κ1) is 23.8. The van der Waals surface area contributed by atoms with E-state index in [9.17, 15) is 9.59 Å². The van der Waals surface area contributed by atoms with Crippen LogP contribution in [0.25, 0.3) is 0 Å². The minimum atomic E-state index is -0.836. The van der Waals surface area contributed by atoms with Gasteiger partial charge in [0.2, 0.25) is 0 Å². The monoisotopic (exact) mass is 426 g/mol. The molecule has 1 fully saturated rings. The summed E-state index contributed by atoms with van der Waals surface area (Å²) in [7, 11) is 1.56. The first-order valence-corrected chi connectivity index (χ1v) is 8.53. The van der Waals surface area contributed by atoms with E-state index in [-0.39, 0.29) is 36.6 Å². The van der Waals surface area contributed by atoms with E-state index in [0.29, 0.717) is 29.9 Å². The summed E-state index contributed by atoms with van der Waals surface area (Å²) in [5.41, 5.74) is 0.154. The van der Waals surface area contributed by atoms with Crippen molar-refractivity contribution in [2.45, 2.75) is 18.4 Å². The SMILES string of the molecule is COC1(C(=O)Nc2cccc(C(=O)Nc3ccccn3)c2)CCNCC1.Cl.Cl. The minimum Gasteiger partial charge on any atom is -0.368 e. The van der Waals surface area contributed by atoms with Gasteiger partial charge in [-0.1, -0.05) is 12.1 Å². The van der Waals surface area contributed by atoms with E-state index in [0.717, 1.165) is 13.1 Å². The molecule has 152 valence electrons. The van der Waals surface area contributed by atoms with Crippen LogP contribution in [0, 0.1) is 0 Å². The number of hydrogen-bond acceptors (Lipinski definition) is 5. The fourth-order valence-electron chi connectivity index (χ4n) is 2.96. The summed E-state index contributed by atoms with van der Waals surface area (Å²) >= 11 is 0. The Hall–Kier alpha value is -2.19. The van der Waals surface area contributed by atoms with Gasteiger partial charge in [0, 0.05) is 24.6 Å². The van der Waals surface area contributed by atoms with Crippen LogP contribution in [-0.2, 0) is 9.53 Å². The summed E-state index contributed by atoms with van der Waals surface area (Å²) in [4.78, 5) is 29.2. The number of anilines is 2. The van der Waals surface area contributed by atoms with Crippen molar-refractivity contribution < 1.29 is 14.3 Å². The highest BCUT2D eigenvalue weighted by atomic mass is 35.5. The lowest BCUT2D eigenvalue weighted by Crippen LogP contribution is -2.51. The van der Waals surface area contributed by atoms with Crippen molar-refractivity contribution in [3.05, 3.63) is 54.2 Å². The third-order valence-electron chi connectivity index (χ3n) is 4.50. The Kier molecular flexibility index (Phi) is 9.34. The number of amides is 2. The molecule has 0 aliphatic carbocycles. The van der Waals surface area contributed by atoms with E-state index in [1.807, 2.05) is 0 Å². The topological polar surface area (TPSA) is 92.3 Å². The van der Waals surface area contributed by atoms with Crippen molar-refractivity contribution in [1.29, 1.82) is 0 Å². The van der Waals surface area contributed by atoms with Gasteiger partial charge in [0.25, 0.3) is 11.8 Å². The van der Waals surface area contributed by atoms with Gasteiger partial charge in [0.1, 0.15) is 11.4 Å². The predicted molar refractivity (Wildman–Crippen MR) is 114 cm³/mol. The second-order valence-corrected chi connectivity index (χ2v) is 6.15. The standard InChI is InChI=1S/C19H22N4O3.2ClH/c1-26-19(8-11-20-12-9-19)18(25)22-15-6-4-5-14(13-15)17(24)23-16-7-2-3-10-21-16;;/h2-7,10,13,20H,8-9,11-12H2,1H3,(H,22,25)(H,21,23,24);2*1H. The third-order valence-corrected chi connectivity index (χ3v) is 4.50. The molecule has 28 heavy (non-hydrogen) atoms. The fraction of sp³-hybridized carbons (Fsp3) is 0.316. The van der Waals surface area contributed by atoms with E-state index in [1.54, 1.807) is 55.8 Å². The number of nitrogens with one attached hydrogen (secondary N) is 3. The van der Waals surface area contributed by atoms with Crippen LogP contribution in [0.5, 0.6) is 0 Å². The molecule has 0 atom stereocenters. The number of pyridine rings is 1. The van der Waals surface area contributed by atoms with Crippen LogP contribution in [0.4, 0.5) is 11.5 Å². The Labute approximate surface area is 176 Å². The molecule has 0 saturated carbocycles. The smallest absolute Gasteiger partial charge is 0.256 e. The quantitative estimate of drug-likeness (QED) is 0.683. The summed E-state index contributed by atoms with van der Waals surface area (Å²) in [6.45, 7) is 1.46. The lowest BCUT2D eigenvalue weighted by Gasteiger charge is -2.34. The summed E-state index contributed by atoms with van der Waals surface area (Å²) in [5.74, 6) is -0.00751. The molecule has 7 nitrogen and oxygen atoms in total. The molecule has 2 amide bonds. The zero-order valence-corrected chi connectivity index (χ0v) is 17.1. The van der Waals surface area contributed by atoms with Gasteiger partial charge in [-0.2, -0.15) is 0 Å². The summed E-state index contributed by atoms with van der Waals surface area (Å²) < 4.78 is 5.53. The van der Waals surface area contributed by atoms with Crippen LogP contribution in [0.15, 0.2) is 48.7 Å². The van der Waals surface area contributed by atoms with E-state index in [4.69, 9.17) is 4.74 Å². The van der Waals surface area contributed by atoms with Crippen molar-refractivity contribution in [2.75, 3.05) is 30.8 Å². The molecule has 1 aromatic carbocycles. The molecule has 1 aliphatic heterocycles. The Morgan fingerprint density at radius 2 is 1.82 bits per heavy atom. The van der Waals surface area contributed by atoms with E-state index in [2.05, 4.69) is 20.9 Å². The van der Waals surface area contributed by atoms with Crippen molar-refractivity contribution in [3.63, 3.8) is 0 Å². The van der Waals surface area contributed by atoms with Crippen LogP contribution in [0.3, 0.4) is 0 Å². The van der Waals surface area contributed by atoms with Gasteiger partial charge in [0.15, 0.2) is 0 Å². The molecule has 1 saturated heterocycles. The van der Waals surface area contributed by atoms with Gasteiger partial charge in [0.05, 0.1) is 0 Å². The lowest BCUT2D eigenvalue weighted by atomic mass is 9.91. The first-order valence-electron chi connectivity index (χ1n) is 8.53. The highest BCUT2D eigenvalue weighted by Crippen LogP contribution is 2.25. The van der Waals surface area contributed by atoms with Gasteiger partial charge < -0.3 is 20.7 Å². The highest BCUT2D eigenvalue weighted by molar-refractivity contribution is 6.05. The molecule has 3 N–H and O–H groups in total. The molecule has 0 unspecified atom stereocenters. The van der Waals surface area contributed by atoms with Gasteiger partial charge in [-0.15, -0.1) is 24.8 Å². The maximum atomic E-state index is 12.7. The van der Waals surface area contributed by atoms with Gasteiger partial charge >= 0.3 is 0 Å². The van der Waals surface area contributed by atoms with Gasteiger partial charge in [-0.3, -0.25) is 9.59 Å². The molecular weight excluding hydrogens is 403 g/mol. The number of hydrogen-bond donors (Lipinski definition) is 3. The van der Waals surface area contributed by atoms with Crippen LogP contribution >= 0.6 is 24.8 Å². The molecule has 0 radical (unpaired) electrons. The predicted octanol–water partition coefficient (Wildman–Crippen LogP) is 2.88. The summed E-state index contributed by atoms with van der Waals surface area (Å²) in [6.07, 6.45) is 2.82. The van der Waals surface area contributed by atoms with Crippen LogP contribution in [0.2, 0.25) is 0 Å². The number of benzene rings is 1. The lowest BCUT2D eigenvalue weighted by molar-refractivity contribution is -0.140. The van der Waals surface area contributed by atoms with Crippen molar-refractivity contribution in [2.24, 2.45) is 0 Å². The van der Waals surface area contributed by atoms with Crippen LogP contribution in [0.1, 0.15) is 23.2 Å². The number of methoxy groups -OCH3 is 1. The molecular formula is C19H24Cl2N4O3. The molecule has 0 bridgehead atoms. The normalized spacial score (nSPS) is 14.8. The molecule has 1 aliphatic rings. The van der Waals surface area contributed by atoms with Gasteiger partial charge in [-0.05, 0) is 56.3 Å². The zero-order valence-electron chi connectivity index (χ0n) is 15.4. The Bertz CT molecular complexity index is 784. The Balaban J connectivity index is 0.00000196. The number of ether oxygens (including phenoxy) is 1. The molecule has 2 aromatic rings. The van der Waals surface area contributed by atoms with E-state index in [1.165, 1.54) is 0 Å². The molecule has 1 aromatic heterocycles. The van der Waals surface area contributed by atoms with Crippen LogP contribution < -0.4 is 16.0 Å². The summed E-state index contributed by atoms with van der Waals surface area (Å²) in [6, 6.07) is 12.1. The van der Waals surface area contributed by atoms with E-state index >= 15 is 0 Å².